The first-order valence-corrected chi connectivity index (χ1v) is 5.50. The van der Waals surface area contributed by atoms with E-state index in [4.69, 9.17) is 4.74 Å². The molecule has 1 aromatic rings. The van der Waals surface area contributed by atoms with E-state index < -0.39 is 0 Å². The van der Waals surface area contributed by atoms with Crippen LogP contribution in [0.1, 0.15) is 26.3 Å². The molecular formula is C14H19NO2. The third-order valence-electron chi connectivity index (χ3n) is 2.51. The zero-order valence-corrected chi connectivity index (χ0v) is 10.8. The van der Waals surface area contributed by atoms with Gasteiger partial charge in [0.1, 0.15) is 5.75 Å². The first-order chi connectivity index (χ1) is 7.88. The van der Waals surface area contributed by atoms with Crippen molar-refractivity contribution >= 4 is 11.6 Å². The first-order valence-electron chi connectivity index (χ1n) is 5.50. The Kier molecular flexibility index (Phi) is 3.94. The van der Waals surface area contributed by atoms with Gasteiger partial charge in [0.2, 0.25) is 5.91 Å². The average molecular weight is 233 g/mol. The molecule has 3 nitrogen and oxygen atoms in total. The van der Waals surface area contributed by atoms with Crippen molar-refractivity contribution in [2.75, 3.05) is 12.4 Å². The molecule has 1 aromatic carbocycles. The number of rotatable bonds is 3. The van der Waals surface area contributed by atoms with Crippen LogP contribution in [0.5, 0.6) is 5.75 Å². The van der Waals surface area contributed by atoms with Crippen LogP contribution in [0.2, 0.25) is 0 Å². The summed E-state index contributed by atoms with van der Waals surface area (Å²) in [4.78, 5) is 11.3. The number of carbonyl (C=O) groups is 1. The minimum absolute atomic E-state index is 0.0277. The normalized spacial score (nSPS) is 10.8. The van der Waals surface area contributed by atoms with Gasteiger partial charge in [-0.15, -0.1) is 0 Å². The molecule has 0 saturated carbocycles. The van der Waals surface area contributed by atoms with Crippen LogP contribution in [0.4, 0.5) is 5.69 Å². The lowest BCUT2D eigenvalue weighted by atomic mass is 9.87. The van der Waals surface area contributed by atoms with E-state index in [0.717, 1.165) is 5.56 Å². The SMILES string of the molecule is C=CC(=O)Nc1cc(C(C)(C)C)ccc1OC. The number of ether oxygens (including phenoxy) is 1. The average Bonchev–Trinajstić information content (AvgIpc) is 2.27. The van der Waals surface area contributed by atoms with Crippen molar-refractivity contribution in [2.45, 2.75) is 26.2 Å². The Morgan fingerprint density at radius 3 is 2.53 bits per heavy atom. The highest BCUT2D eigenvalue weighted by Gasteiger charge is 2.16. The Morgan fingerprint density at radius 2 is 2.06 bits per heavy atom. The predicted octanol–water partition coefficient (Wildman–Crippen LogP) is 3.12. The molecule has 0 saturated heterocycles. The fourth-order valence-corrected chi connectivity index (χ4v) is 1.46. The van der Waals surface area contributed by atoms with Gasteiger partial charge in [0.25, 0.3) is 0 Å². The van der Waals surface area contributed by atoms with Crippen LogP contribution >= 0.6 is 0 Å². The fourth-order valence-electron chi connectivity index (χ4n) is 1.46. The molecule has 0 fully saturated rings. The minimum Gasteiger partial charge on any atom is -0.495 e. The Labute approximate surface area is 102 Å². The topological polar surface area (TPSA) is 38.3 Å². The van der Waals surface area contributed by atoms with Crippen molar-refractivity contribution in [2.24, 2.45) is 0 Å². The van der Waals surface area contributed by atoms with Crippen molar-refractivity contribution in [1.29, 1.82) is 0 Å². The number of carbonyl (C=O) groups excluding carboxylic acids is 1. The van der Waals surface area contributed by atoms with Gasteiger partial charge in [0.15, 0.2) is 0 Å². The molecule has 92 valence electrons. The van der Waals surface area contributed by atoms with Crippen molar-refractivity contribution in [3.05, 3.63) is 36.4 Å². The van der Waals surface area contributed by atoms with Crippen LogP contribution in [0.3, 0.4) is 0 Å². The quantitative estimate of drug-likeness (QED) is 0.815. The summed E-state index contributed by atoms with van der Waals surface area (Å²) in [7, 11) is 1.58. The summed E-state index contributed by atoms with van der Waals surface area (Å²) in [5, 5.41) is 2.74. The van der Waals surface area contributed by atoms with Gasteiger partial charge in [-0.1, -0.05) is 33.4 Å². The van der Waals surface area contributed by atoms with E-state index in [1.165, 1.54) is 6.08 Å². The lowest BCUT2D eigenvalue weighted by molar-refractivity contribution is -0.111. The molecule has 0 atom stereocenters. The summed E-state index contributed by atoms with van der Waals surface area (Å²) in [5.74, 6) is 0.405. The molecule has 1 rings (SSSR count). The van der Waals surface area contributed by atoms with Crippen molar-refractivity contribution in [3.8, 4) is 5.75 Å². The molecule has 0 aliphatic heterocycles. The lowest BCUT2D eigenvalue weighted by Gasteiger charge is -2.21. The van der Waals surface area contributed by atoms with Crippen LogP contribution in [0.15, 0.2) is 30.9 Å². The Bertz CT molecular complexity index is 430. The number of amides is 1. The van der Waals surface area contributed by atoms with Gasteiger partial charge in [0.05, 0.1) is 12.8 Å². The molecule has 0 radical (unpaired) electrons. The maximum absolute atomic E-state index is 11.3. The molecule has 1 amide bonds. The molecule has 0 aromatic heterocycles. The van der Waals surface area contributed by atoms with Gasteiger partial charge in [-0.05, 0) is 29.2 Å². The zero-order chi connectivity index (χ0) is 13.1. The summed E-state index contributed by atoms with van der Waals surface area (Å²) in [5.41, 5.74) is 1.84. The van der Waals surface area contributed by atoms with E-state index in [2.05, 4.69) is 32.7 Å². The number of anilines is 1. The lowest BCUT2D eigenvalue weighted by Crippen LogP contribution is -2.13. The largest absolute Gasteiger partial charge is 0.495 e. The first kappa shape index (κ1) is 13.3. The molecular weight excluding hydrogens is 214 g/mol. The van der Waals surface area contributed by atoms with E-state index in [1.54, 1.807) is 7.11 Å². The summed E-state index contributed by atoms with van der Waals surface area (Å²) in [6.45, 7) is 9.79. The van der Waals surface area contributed by atoms with Gasteiger partial charge in [0, 0.05) is 0 Å². The minimum atomic E-state index is -0.241. The van der Waals surface area contributed by atoms with E-state index in [0.29, 0.717) is 11.4 Å². The molecule has 0 spiro atoms. The molecule has 17 heavy (non-hydrogen) atoms. The summed E-state index contributed by atoms with van der Waals surface area (Å²) >= 11 is 0. The number of benzene rings is 1. The van der Waals surface area contributed by atoms with Crippen molar-refractivity contribution < 1.29 is 9.53 Å². The van der Waals surface area contributed by atoms with Crippen LogP contribution in [-0.4, -0.2) is 13.0 Å². The molecule has 0 aliphatic rings. The van der Waals surface area contributed by atoms with Crippen LogP contribution < -0.4 is 10.1 Å². The predicted molar refractivity (Wildman–Crippen MR) is 70.5 cm³/mol. The van der Waals surface area contributed by atoms with E-state index in [1.807, 2.05) is 18.2 Å². The van der Waals surface area contributed by atoms with Crippen molar-refractivity contribution in [3.63, 3.8) is 0 Å². The molecule has 3 heteroatoms. The van der Waals surface area contributed by atoms with Gasteiger partial charge in [-0.25, -0.2) is 0 Å². The molecule has 0 bridgehead atoms. The second-order valence-corrected chi connectivity index (χ2v) is 4.86. The Hall–Kier alpha value is -1.77. The third kappa shape index (κ3) is 3.34. The maximum Gasteiger partial charge on any atom is 0.247 e. The number of nitrogens with one attached hydrogen (secondary N) is 1. The van der Waals surface area contributed by atoms with Crippen molar-refractivity contribution in [1.82, 2.24) is 0 Å². The molecule has 0 unspecified atom stereocenters. The van der Waals surface area contributed by atoms with Crippen LogP contribution in [-0.2, 0) is 10.2 Å². The van der Waals surface area contributed by atoms with Gasteiger partial charge in [-0.2, -0.15) is 0 Å². The number of methoxy groups -OCH3 is 1. The smallest absolute Gasteiger partial charge is 0.247 e. The highest BCUT2D eigenvalue weighted by atomic mass is 16.5. The summed E-state index contributed by atoms with van der Waals surface area (Å²) in [6.07, 6.45) is 1.24. The van der Waals surface area contributed by atoms with Gasteiger partial charge < -0.3 is 10.1 Å². The molecule has 0 heterocycles. The Morgan fingerprint density at radius 1 is 1.41 bits per heavy atom. The monoisotopic (exact) mass is 233 g/mol. The third-order valence-corrected chi connectivity index (χ3v) is 2.51. The second kappa shape index (κ2) is 5.04. The standard InChI is InChI=1S/C14H19NO2/c1-6-13(16)15-11-9-10(14(2,3)4)7-8-12(11)17-5/h6-9H,1H2,2-5H3,(H,15,16). The highest BCUT2D eigenvalue weighted by Crippen LogP contribution is 2.31. The summed E-state index contributed by atoms with van der Waals surface area (Å²) < 4.78 is 5.21. The highest BCUT2D eigenvalue weighted by molar-refractivity contribution is 6.00. The zero-order valence-electron chi connectivity index (χ0n) is 10.8. The number of hydrogen-bond donors (Lipinski definition) is 1. The van der Waals surface area contributed by atoms with Gasteiger partial charge in [-0.3, -0.25) is 4.79 Å². The fraction of sp³-hybridized carbons (Fsp3) is 0.357. The molecule has 0 aliphatic carbocycles. The van der Waals surface area contributed by atoms with E-state index in [9.17, 15) is 4.79 Å². The van der Waals surface area contributed by atoms with E-state index >= 15 is 0 Å². The Balaban J connectivity index is 3.15. The summed E-state index contributed by atoms with van der Waals surface area (Å²) in [6, 6.07) is 5.79. The molecule has 1 N–H and O–H groups in total. The van der Waals surface area contributed by atoms with E-state index in [-0.39, 0.29) is 11.3 Å². The van der Waals surface area contributed by atoms with Gasteiger partial charge >= 0.3 is 0 Å². The number of hydrogen-bond acceptors (Lipinski definition) is 2. The van der Waals surface area contributed by atoms with Crippen LogP contribution in [0.25, 0.3) is 0 Å². The maximum atomic E-state index is 11.3. The second-order valence-electron chi connectivity index (χ2n) is 4.86. The van der Waals surface area contributed by atoms with Crippen LogP contribution in [0, 0.1) is 0 Å².